The third kappa shape index (κ3) is 3.99. The number of hydrogen-bond donors (Lipinski definition) is 1. The molecular weight excluding hydrogens is 403 g/mol. The Kier molecular flexibility index (Phi) is 5.64. The Hall–Kier alpha value is -3.22. The summed E-state index contributed by atoms with van der Waals surface area (Å²) in [6, 6.07) is 17.1. The maximum Gasteiger partial charge on any atom is 0.151 e. The van der Waals surface area contributed by atoms with E-state index >= 15 is 0 Å². The fraction of sp³-hybridized carbons (Fsp3) is 0.269. The summed E-state index contributed by atoms with van der Waals surface area (Å²) in [6.45, 7) is 6.15. The van der Waals surface area contributed by atoms with Gasteiger partial charge in [-0.2, -0.15) is 5.10 Å². The first-order valence-electron chi connectivity index (χ1n) is 11.0. The Labute approximate surface area is 187 Å². The van der Waals surface area contributed by atoms with Crippen LogP contribution in [0.3, 0.4) is 0 Å². The molecule has 0 radical (unpaired) electrons. The molecule has 5 rings (SSSR count). The summed E-state index contributed by atoms with van der Waals surface area (Å²) in [5, 5.41) is 7.53. The Balaban J connectivity index is 1.57. The van der Waals surface area contributed by atoms with Crippen molar-refractivity contribution in [1.29, 1.82) is 0 Å². The maximum absolute atomic E-state index is 13.4. The number of rotatable bonds is 5. The van der Waals surface area contributed by atoms with Crippen LogP contribution in [0.5, 0.6) is 0 Å². The molecule has 0 aliphatic carbocycles. The zero-order valence-electron chi connectivity index (χ0n) is 18.4. The molecule has 0 saturated carbocycles. The van der Waals surface area contributed by atoms with Gasteiger partial charge in [-0.15, -0.1) is 0 Å². The highest BCUT2D eigenvalue weighted by Crippen LogP contribution is 2.37. The molecule has 1 N–H and O–H groups in total. The van der Waals surface area contributed by atoms with Gasteiger partial charge in [-0.1, -0.05) is 30.3 Å². The van der Waals surface area contributed by atoms with E-state index in [2.05, 4.69) is 52.2 Å². The van der Waals surface area contributed by atoms with E-state index in [0.717, 1.165) is 54.3 Å². The molecule has 0 amide bonds. The SMILES string of the molecule is Cc1cc(-c2ccc(F)cc2)ccc1C(c1cn[nH]c1-c1ccco1)N1CCN(C)CC1. The lowest BCUT2D eigenvalue weighted by Crippen LogP contribution is -2.46. The van der Waals surface area contributed by atoms with Gasteiger partial charge in [-0.25, -0.2) is 4.39 Å². The molecule has 1 fully saturated rings. The summed E-state index contributed by atoms with van der Waals surface area (Å²) < 4.78 is 19.1. The number of piperazine rings is 1. The van der Waals surface area contributed by atoms with E-state index in [1.54, 1.807) is 6.26 Å². The normalized spacial score (nSPS) is 16.3. The molecule has 6 heteroatoms. The standard InChI is InChI=1S/C26H27FN4O/c1-18-16-20(19-5-8-21(27)9-6-19)7-10-22(18)26(31-13-11-30(2)12-14-31)23-17-28-29-25(23)24-4-3-15-32-24/h3-10,15-17,26H,11-14H2,1-2H3,(H,28,29). The smallest absolute Gasteiger partial charge is 0.151 e. The molecule has 1 unspecified atom stereocenters. The van der Waals surface area contributed by atoms with Crippen molar-refractivity contribution in [2.45, 2.75) is 13.0 Å². The Morgan fingerprint density at radius 3 is 2.41 bits per heavy atom. The van der Waals surface area contributed by atoms with Crippen LogP contribution >= 0.6 is 0 Å². The first kappa shape index (κ1) is 20.7. The van der Waals surface area contributed by atoms with Crippen molar-refractivity contribution in [3.8, 4) is 22.6 Å². The van der Waals surface area contributed by atoms with Gasteiger partial charge in [0.05, 0.1) is 18.5 Å². The van der Waals surface area contributed by atoms with E-state index in [4.69, 9.17) is 4.42 Å². The van der Waals surface area contributed by atoms with E-state index in [1.165, 1.54) is 23.3 Å². The number of halogens is 1. The molecule has 4 aromatic rings. The Bertz CT molecular complexity index is 1180. The van der Waals surface area contributed by atoms with Crippen molar-refractivity contribution in [2.75, 3.05) is 33.2 Å². The summed E-state index contributed by atoms with van der Waals surface area (Å²) >= 11 is 0. The van der Waals surface area contributed by atoms with Gasteiger partial charge >= 0.3 is 0 Å². The molecule has 164 valence electrons. The highest BCUT2D eigenvalue weighted by molar-refractivity contribution is 5.66. The molecule has 2 aromatic carbocycles. The van der Waals surface area contributed by atoms with E-state index < -0.39 is 0 Å². The monoisotopic (exact) mass is 430 g/mol. The number of nitrogens with zero attached hydrogens (tertiary/aromatic N) is 3. The lowest BCUT2D eigenvalue weighted by Gasteiger charge is -2.38. The fourth-order valence-electron chi connectivity index (χ4n) is 4.57. The number of aromatic amines is 1. The number of benzene rings is 2. The third-order valence-corrected chi connectivity index (χ3v) is 6.38. The average molecular weight is 431 g/mol. The molecule has 0 bridgehead atoms. The van der Waals surface area contributed by atoms with Crippen LogP contribution < -0.4 is 0 Å². The van der Waals surface area contributed by atoms with Crippen molar-refractivity contribution in [2.24, 2.45) is 0 Å². The number of furan rings is 1. The van der Waals surface area contributed by atoms with Crippen molar-refractivity contribution in [3.63, 3.8) is 0 Å². The summed E-state index contributed by atoms with van der Waals surface area (Å²) in [5.74, 6) is 0.569. The minimum absolute atomic E-state index is 0.0600. The number of aryl methyl sites for hydroxylation is 1. The minimum Gasteiger partial charge on any atom is -0.463 e. The molecule has 1 saturated heterocycles. The van der Waals surface area contributed by atoms with E-state index in [1.807, 2.05) is 30.5 Å². The van der Waals surface area contributed by atoms with Crippen LogP contribution in [0.25, 0.3) is 22.6 Å². The summed E-state index contributed by atoms with van der Waals surface area (Å²) in [6.07, 6.45) is 3.61. The minimum atomic E-state index is -0.220. The molecule has 1 aliphatic heterocycles. The largest absolute Gasteiger partial charge is 0.463 e. The summed E-state index contributed by atoms with van der Waals surface area (Å²) in [7, 11) is 2.17. The van der Waals surface area contributed by atoms with Crippen LogP contribution in [0.1, 0.15) is 22.7 Å². The molecule has 3 heterocycles. The number of aromatic nitrogens is 2. The predicted octanol–water partition coefficient (Wildman–Crippen LogP) is 5.12. The van der Waals surface area contributed by atoms with Crippen LogP contribution in [0.15, 0.2) is 71.5 Å². The van der Waals surface area contributed by atoms with Gasteiger partial charge in [0.15, 0.2) is 5.76 Å². The van der Waals surface area contributed by atoms with Crippen molar-refractivity contribution >= 4 is 0 Å². The Morgan fingerprint density at radius 2 is 1.72 bits per heavy atom. The van der Waals surface area contributed by atoms with E-state index in [9.17, 15) is 4.39 Å². The first-order chi connectivity index (χ1) is 15.6. The van der Waals surface area contributed by atoms with Gasteiger partial charge in [0.2, 0.25) is 0 Å². The number of likely N-dealkylation sites (N-methyl/N-ethyl adjacent to an activating group) is 1. The second-order valence-corrected chi connectivity index (χ2v) is 8.50. The van der Waals surface area contributed by atoms with Crippen molar-refractivity contribution < 1.29 is 8.81 Å². The topological polar surface area (TPSA) is 48.3 Å². The van der Waals surface area contributed by atoms with E-state index in [-0.39, 0.29) is 11.9 Å². The van der Waals surface area contributed by atoms with Crippen LogP contribution in [-0.4, -0.2) is 53.2 Å². The summed E-state index contributed by atoms with van der Waals surface area (Å²) in [4.78, 5) is 4.89. The number of nitrogens with one attached hydrogen (secondary N) is 1. The molecule has 5 nitrogen and oxygen atoms in total. The molecule has 32 heavy (non-hydrogen) atoms. The highest BCUT2D eigenvalue weighted by Gasteiger charge is 2.30. The molecule has 1 aliphatic rings. The molecule has 2 aromatic heterocycles. The lowest BCUT2D eigenvalue weighted by molar-refractivity contribution is 0.127. The molecular formula is C26H27FN4O. The van der Waals surface area contributed by atoms with Gasteiger partial charge in [-0.3, -0.25) is 10.00 Å². The second kappa shape index (κ2) is 8.73. The van der Waals surface area contributed by atoms with Gasteiger partial charge in [0.25, 0.3) is 0 Å². The van der Waals surface area contributed by atoms with Gasteiger partial charge < -0.3 is 9.32 Å². The number of H-pyrrole nitrogens is 1. The van der Waals surface area contributed by atoms with Crippen LogP contribution in [-0.2, 0) is 0 Å². The number of hydrogen-bond acceptors (Lipinski definition) is 4. The summed E-state index contributed by atoms with van der Waals surface area (Å²) in [5.41, 5.74) is 6.57. The van der Waals surface area contributed by atoms with Gasteiger partial charge in [0, 0.05) is 31.7 Å². The first-order valence-corrected chi connectivity index (χ1v) is 11.0. The zero-order chi connectivity index (χ0) is 22.1. The van der Waals surface area contributed by atoms with Gasteiger partial charge in [0.1, 0.15) is 11.5 Å². The van der Waals surface area contributed by atoms with E-state index in [0.29, 0.717) is 0 Å². The van der Waals surface area contributed by atoms with Crippen molar-refractivity contribution in [3.05, 3.63) is 89.6 Å². The average Bonchev–Trinajstić information content (AvgIpc) is 3.49. The van der Waals surface area contributed by atoms with Crippen LogP contribution in [0, 0.1) is 12.7 Å². The van der Waals surface area contributed by atoms with Gasteiger partial charge in [-0.05, 0) is 60.5 Å². The second-order valence-electron chi connectivity index (χ2n) is 8.50. The molecule has 0 spiro atoms. The quantitative estimate of drug-likeness (QED) is 0.477. The van der Waals surface area contributed by atoms with Crippen LogP contribution in [0.2, 0.25) is 0 Å². The lowest BCUT2D eigenvalue weighted by atomic mass is 9.90. The Morgan fingerprint density at radius 1 is 0.969 bits per heavy atom. The fourth-order valence-corrected chi connectivity index (χ4v) is 4.57. The zero-order valence-corrected chi connectivity index (χ0v) is 18.4. The predicted molar refractivity (Wildman–Crippen MR) is 124 cm³/mol. The van der Waals surface area contributed by atoms with Crippen molar-refractivity contribution in [1.82, 2.24) is 20.0 Å². The molecule has 1 atom stereocenters. The van der Waals surface area contributed by atoms with Crippen LogP contribution in [0.4, 0.5) is 4.39 Å². The highest BCUT2D eigenvalue weighted by atomic mass is 19.1. The third-order valence-electron chi connectivity index (χ3n) is 6.38. The maximum atomic E-state index is 13.4.